The summed E-state index contributed by atoms with van der Waals surface area (Å²) in [6.07, 6.45) is 1.48. The molecule has 0 saturated carbocycles. The van der Waals surface area contributed by atoms with Crippen molar-refractivity contribution in [3.63, 3.8) is 0 Å². The minimum atomic E-state index is -0.258. The number of nitrogens with one attached hydrogen (secondary N) is 1. The van der Waals surface area contributed by atoms with E-state index in [1.165, 1.54) is 0 Å². The molecule has 0 bridgehead atoms. The van der Waals surface area contributed by atoms with Crippen LogP contribution in [-0.2, 0) is 15.9 Å². The summed E-state index contributed by atoms with van der Waals surface area (Å²) < 4.78 is 12.0. The molecule has 2 aromatic rings. The summed E-state index contributed by atoms with van der Waals surface area (Å²) in [6.45, 7) is 8.31. The lowest BCUT2D eigenvalue weighted by Crippen LogP contribution is -2.41. The fraction of sp³-hybridized carbons (Fsp3) is 0.562. The molecule has 0 atom stereocenters. The maximum absolute atomic E-state index is 6.00. The molecule has 1 aliphatic rings. The van der Waals surface area contributed by atoms with Crippen molar-refractivity contribution in [2.75, 3.05) is 0 Å². The van der Waals surface area contributed by atoms with Gasteiger partial charge in [0, 0.05) is 12.8 Å². The van der Waals surface area contributed by atoms with E-state index in [4.69, 9.17) is 9.47 Å². The Morgan fingerprint density at radius 3 is 2.40 bits per heavy atom. The molecule has 1 saturated heterocycles. The van der Waals surface area contributed by atoms with E-state index in [0.717, 1.165) is 29.7 Å². The molecule has 4 nitrogen and oxygen atoms in total. The van der Waals surface area contributed by atoms with E-state index in [2.05, 4.69) is 37.7 Å². The normalized spacial score (nSPS) is 21.6. The highest BCUT2D eigenvalue weighted by Crippen LogP contribution is 2.39. The van der Waals surface area contributed by atoms with Crippen LogP contribution >= 0.6 is 0 Å². The first-order valence-electron chi connectivity index (χ1n) is 7.17. The van der Waals surface area contributed by atoms with Gasteiger partial charge in [0.15, 0.2) is 6.29 Å². The first kappa shape index (κ1) is 13.6. The first-order valence-corrected chi connectivity index (χ1v) is 7.17. The molecule has 1 aromatic carbocycles. The number of aromatic nitrogens is 2. The van der Waals surface area contributed by atoms with Crippen molar-refractivity contribution in [3.05, 3.63) is 30.1 Å². The number of aromatic amines is 1. The lowest BCUT2D eigenvalue weighted by molar-refractivity contribution is -0.0900. The Balaban J connectivity index is 1.66. The molecule has 4 heteroatoms. The van der Waals surface area contributed by atoms with Crippen LogP contribution in [0.3, 0.4) is 0 Å². The van der Waals surface area contributed by atoms with Crippen molar-refractivity contribution in [2.45, 2.75) is 58.0 Å². The Kier molecular flexibility index (Phi) is 3.10. The maximum Gasteiger partial charge on any atom is 0.159 e. The predicted molar refractivity (Wildman–Crippen MR) is 78.5 cm³/mol. The Morgan fingerprint density at radius 1 is 1.10 bits per heavy atom. The van der Waals surface area contributed by atoms with Gasteiger partial charge in [-0.2, -0.15) is 0 Å². The van der Waals surface area contributed by atoms with E-state index < -0.39 is 0 Å². The molecule has 1 N–H and O–H groups in total. The number of nitrogens with zero attached hydrogens (tertiary/aromatic N) is 1. The largest absolute Gasteiger partial charge is 0.344 e. The molecule has 0 aliphatic carbocycles. The zero-order valence-electron chi connectivity index (χ0n) is 12.6. The second kappa shape index (κ2) is 4.57. The Morgan fingerprint density at radius 2 is 1.75 bits per heavy atom. The fourth-order valence-electron chi connectivity index (χ4n) is 2.46. The minimum Gasteiger partial charge on any atom is -0.344 e. The number of aryl methyl sites for hydroxylation is 1. The van der Waals surface area contributed by atoms with Crippen LogP contribution < -0.4 is 0 Å². The summed E-state index contributed by atoms with van der Waals surface area (Å²) in [5.74, 6) is 0.987. The number of benzene rings is 1. The third-order valence-electron chi connectivity index (χ3n) is 4.36. The summed E-state index contributed by atoms with van der Waals surface area (Å²) in [6, 6.07) is 8.07. The van der Waals surface area contributed by atoms with Crippen molar-refractivity contribution in [2.24, 2.45) is 0 Å². The van der Waals surface area contributed by atoms with Gasteiger partial charge in [-0.05, 0) is 39.8 Å². The van der Waals surface area contributed by atoms with Crippen LogP contribution in [0.15, 0.2) is 24.3 Å². The second-order valence-electron chi connectivity index (χ2n) is 6.43. The highest BCUT2D eigenvalue weighted by atomic mass is 16.7. The van der Waals surface area contributed by atoms with Crippen LogP contribution in [0.5, 0.6) is 0 Å². The van der Waals surface area contributed by atoms with Crippen LogP contribution in [0.25, 0.3) is 11.0 Å². The molecule has 0 amide bonds. The van der Waals surface area contributed by atoms with E-state index in [0.29, 0.717) is 0 Å². The molecular weight excluding hydrogens is 252 g/mol. The van der Waals surface area contributed by atoms with Gasteiger partial charge in [0.25, 0.3) is 0 Å². The number of H-pyrrole nitrogens is 1. The first-order chi connectivity index (χ1) is 9.37. The van der Waals surface area contributed by atoms with Crippen molar-refractivity contribution >= 4 is 11.0 Å². The lowest BCUT2D eigenvalue weighted by atomic mass is 9.90. The second-order valence-corrected chi connectivity index (χ2v) is 6.43. The highest BCUT2D eigenvalue weighted by Gasteiger charge is 2.48. The van der Waals surface area contributed by atoms with Gasteiger partial charge in [-0.25, -0.2) is 4.98 Å². The van der Waals surface area contributed by atoms with Crippen LogP contribution in [0.2, 0.25) is 0 Å². The van der Waals surface area contributed by atoms with Gasteiger partial charge in [0.2, 0.25) is 0 Å². The highest BCUT2D eigenvalue weighted by molar-refractivity contribution is 5.74. The van der Waals surface area contributed by atoms with Crippen molar-refractivity contribution < 1.29 is 9.47 Å². The molecule has 0 spiro atoms. The molecule has 1 fully saturated rings. The molecule has 0 unspecified atom stereocenters. The number of rotatable bonds is 3. The number of fused-ring (bicyclic) bond motifs is 1. The van der Waals surface area contributed by atoms with E-state index in [9.17, 15) is 0 Å². The minimum absolute atomic E-state index is 0.159. The average molecular weight is 274 g/mol. The van der Waals surface area contributed by atoms with Gasteiger partial charge < -0.3 is 14.5 Å². The summed E-state index contributed by atoms with van der Waals surface area (Å²) >= 11 is 0. The smallest absolute Gasteiger partial charge is 0.159 e. The standard InChI is InChI=1S/C16H22N2O2/c1-15(2)16(3,4)20-14(19-15)10-9-13-17-11-7-5-6-8-12(11)18-13/h5-8,14H,9-10H2,1-4H3,(H,17,18). The molecular formula is C16H22N2O2. The van der Waals surface area contributed by atoms with Crippen molar-refractivity contribution in [1.82, 2.24) is 9.97 Å². The van der Waals surface area contributed by atoms with E-state index in [-0.39, 0.29) is 17.5 Å². The Hall–Kier alpha value is -1.39. The van der Waals surface area contributed by atoms with Crippen molar-refractivity contribution in [3.8, 4) is 0 Å². The molecule has 108 valence electrons. The number of imidazole rings is 1. The third kappa shape index (κ3) is 2.34. The van der Waals surface area contributed by atoms with Crippen LogP contribution in [0.1, 0.15) is 39.9 Å². The van der Waals surface area contributed by atoms with E-state index >= 15 is 0 Å². The topological polar surface area (TPSA) is 47.1 Å². The maximum atomic E-state index is 6.00. The summed E-state index contributed by atoms with van der Waals surface area (Å²) in [5.41, 5.74) is 1.57. The van der Waals surface area contributed by atoms with Gasteiger partial charge in [-0.1, -0.05) is 12.1 Å². The fourth-order valence-corrected chi connectivity index (χ4v) is 2.46. The molecule has 20 heavy (non-hydrogen) atoms. The zero-order chi connectivity index (χ0) is 14.4. The predicted octanol–water partition coefficient (Wildman–Crippen LogP) is 3.43. The van der Waals surface area contributed by atoms with Crippen LogP contribution in [0, 0.1) is 0 Å². The van der Waals surface area contributed by atoms with Gasteiger partial charge in [-0.15, -0.1) is 0 Å². The Labute approximate surface area is 119 Å². The number of para-hydroxylation sites is 2. The Bertz CT molecular complexity index is 567. The van der Waals surface area contributed by atoms with Crippen LogP contribution in [0.4, 0.5) is 0 Å². The van der Waals surface area contributed by atoms with E-state index in [1.807, 2.05) is 24.3 Å². The van der Waals surface area contributed by atoms with E-state index in [1.54, 1.807) is 0 Å². The molecule has 1 aromatic heterocycles. The SMILES string of the molecule is CC1(C)OC(CCc2nc3ccccc3[nH]2)OC1(C)C. The van der Waals surface area contributed by atoms with Gasteiger partial charge in [0.1, 0.15) is 5.82 Å². The zero-order valence-corrected chi connectivity index (χ0v) is 12.6. The quantitative estimate of drug-likeness (QED) is 0.932. The summed E-state index contributed by atoms with van der Waals surface area (Å²) in [4.78, 5) is 7.92. The van der Waals surface area contributed by atoms with Crippen molar-refractivity contribution in [1.29, 1.82) is 0 Å². The molecule has 3 rings (SSSR count). The average Bonchev–Trinajstić information content (AvgIpc) is 2.85. The number of hydrogen-bond acceptors (Lipinski definition) is 3. The van der Waals surface area contributed by atoms with Crippen LogP contribution in [-0.4, -0.2) is 27.5 Å². The van der Waals surface area contributed by atoms with Gasteiger partial charge in [0.05, 0.1) is 22.2 Å². The monoisotopic (exact) mass is 274 g/mol. The molecule has 0 radical (unpaired) electrons. The molecule has 1 aliphatic heterocycles. The van der Waals surface area contributed by atoms with Gasteiger partial charge >= 0.3 is 0 Å². The number of ether oxygens (including phenoxy) is 2. The lowest BCUT2D eigenvalue weighted by Gasteiger charge is -2.30. The van der Waals surface area contributed by atoms with Gasteiger partial charge in [-0.3, -0.25) is 0 Å². The molecule has 2 heterocycles. The summed E-state index contributed by atoms with van der Waals surface area (Å²) in [7, 11) is 0. The third-order valence-corrected chi connectivity index (χ3v) is 4.36. The number of hydrogen-bond donors (Lipinski definition) is 1. The summed E-state index contributed by atoms with van der Waals surface area (Å²) in [5, 5.41) is 0.